The van der Waals surface area contributed by atoms with Crippen LogP contribution in [-0.4, -0.2) is 54.1 Å². The van der Waals surface area contributed by atoms with Crippen molar-refractivity contribution >= 4 is 5.82 Å². The number of aromatic nitrogens is 1. The van der Waals surface area contributed by atoms with Gasteiger partial charge in [0, 0.05) is 38.9 Å². The van der Waals surface area contributed by atoms with E-state index in [9.17, 15) is 0 Å². The van der Waals surface area contributed by atoms with Gasteiger partial charge in [0.25, 0.3) is 0 Å². The Morgan fingerprint density at radius 1 is 1.37 bits per heavy atom. The van der Waals surface area contributed by atoms with Crippen LogP contribution in [0.2, 0.25) is 0 Å². The molecule has 1 aliphatic heterocycles. The Balaban J connectivity index is 1.87. The van der Waals surface area contributed by atoms with Crippen LogP contribution in [0, 0.1) is 0 Å². The molecule has 4 heteroatoms. The molecule has 2 rings (SSSR count). The van der Waals surface area contributed by atoms with Crippen molar-refractivity contribution < 1.29 is 0 Å². The van der Waals surface area contributed by atoms with Crippen LogP contribution in [0.5, 0.6) is 0 Å². The van der Waals surface area contributed by atoms with E-state index in [-0.39, 0.29) is 0 Å². The van der Waals surface area contributed by atoms with Gasteiger partial charge in [-0.05, 0) is 31.1 Å². The summed E-state index contributed by atoms with van der Waals surface area (Å²) < 4.78 is 0. The average Bonchev–Trinajstić information content (AvgIpc) is 2.89. The standard InChI is InChI=1S/C15H26N4/c1-4-19(5-2)14-8-9-18(12-14)11-13-6-7-15(16-3)17-10-13/h6-7,10,14H,4-5,8-9,11-12H2,1-3H3,(H,16,17). The van der Waals surface area contributed by atoms with Gasteiger partial charge < -0.3 is 5.32 Å². The lowest BCUT2D eigenvalue weighted by Gasteiger charge is -2.26. The minimum absolute atomic E-state index is 0.736. The molecule has 4 nitrogen and oxygen atoms in total. The highest BCUT2D eigenvalue weighted by molar-refractivity contribution is 5.34. The summed E-state index contributed by atoms with van der Waals surface area (Å²) in [6.07, 6.45) is 3.28. The maximum absolute atomic E-state index is 4.38. The number of nitrogens with zero attached hydrogens (tertiary/aromatic N) is 3. The minimum atomic E-state index is 0.736. The number of nitrogens with one attached hydrogen (secondary N) is 1. The number of likely N-dealkylation sites (tertiary alicyclic amines) is 1. The van der Waals surface area contributed by atoms with Crippen LogP contribution in [0.3, 0.4) is 0 Å². The lowest BCUT2D eigenvalue weighted by molar-refractivity contribution is 0.209. The van der Waals surface area contributed by atoms with E-state index in [0.717, 1.165) is 31.5 Å². The van der Waals surface area contributed by atoms with Crippen LogP contribution in [0.4, 0.5) is 5.82 Å². The molecule has 1 aromatic rings. The summed E-state index contributed by atoms with van der Waals surface area (Å²) in [7, 11) is 1.90. The van der Waals surface area contributed by atoms with Crippen LogP contribution in [0.1, 0.15) is 25.8 Å². The van der Waals surface area contributed by atoms with Crippen molar-refractivity contribution in [1.82, 2.24) is 14.8 Å². The van der Waals surface area contributed by atoms with Gasteiger partial charge in [-0.1, -0.05) is 19.9 Å². The summed E-state index contributed by atoms with van der Waals surface area (Å²) in [6, 6.07) is 4.95. The third kappa shape index (κ3) is 3.67. The quantitative estimate of drug-likeness (QED) is 0.850. The summed E-state index contributed by atoms with van der Waals surface area (Å²) in [5.74, 6) is 0.936. The normalized spacial score (nSPS) is 20.1. The number of rotatable bonds is 6. The zero-order valence-corrected chi connectivity index (χ0v) is 12.4. The van der Waals surface area contributed by atoms with Crippen molar-refractivity contribution in [1.29, 1.82) is 0 Å². The first-order valence-electron chi connectivity index (χ1n) is 7.35. The van der Waals surface area contributed by atoms with Crippen molar-refractivity contribution in [2.24, 2.45) is 0 Å². The Kier molecular flexibility index (Phi) is 5.16. The van der Waals surface area contributed by atoms with Gasteiger partial charge in [-0.2, -0.15) is 0 Å². The molecule has 0 radical (unpaired) electrons. The predicted octanol–water partition coefficient (Wildman–Crippen LogP) is 2.04. The van der Waals surface area contributed by atoms with E-state index < -0.39 is 0 Å². The van der Waals surface area contributed by atoms with Gasteiger partial charge in [-0.25, -0.2) is 4.98 Å². The highest BCUT2D eigenvalue weighted by Gasteiger charge is 2.25. The van der Waals surface area contributed by atoms with E-state index in [0.29, 0.717) is 0 Å². The van der Waals surface area contributed by atoms with Crippen LogP contribution in [0.25, 0.3) is 0 Å². The fourth-order valence-electron chi connectivity index (χ4n) is 2.92. The fourth-order valence-corrected chi connectivity index (χ4v) is 2.92. The molecule has 2 heterocycles. The first kappa shape index (κ1) is 14.3. The molecule has 1 fully saturated rings. The van der Waals surface area contributed by atoms with Crippen LogP contribution in [0.15, 0.2) is 18.3 Å². The Bertz CT molecular complexity index is 372. The van der Waals surface area contributed by atoms with Crippen molar-refractivity contribution in [3.05, 3.63) is 23.9 Å². The number of pyridine rings is 1. The maximum Gasteiger partial charge on any atom is 0.125 e. The first-order chi connectivity index (χ1) is 9.26. The molecule has 0 bridgehead atoms. The maximum atomic E-state index is 4.38. The van der Waals surface area contributed by atoms with Crippen LogP contribution in [-0.2, 0) is 6.54 Å². The SMILES string of the molecule is CCN(CC)C1CCN(Cc2ccc(NC)nc2)C1. The summed E-state index contributed by atoms with van der Waals surface area (Å²) in [4.78, 5) is 9.49. The van der Waals surface area contributed by atoms with Gasteiger partial charge in [0.1, 0.15) is 5.82 Å². The lowest BCUT2D eigenvalue weighted by atomic mass is 10.2. The summed E-state index contributed by atoms with van der Waals surface area (Å²) in [5.41, 5.74) is 1.30. The first-order valence-corrected chi connectivity index (χ1v) is 7.35. The number of hydrogen-bond donors (Lipinski definition) is 1. The van der Waals surface area contributed by atoms with E-state index in [1.165, 1.54) is 25.1 Å². The fraction of sp³-hybridized carbons (Fsp3) is 0.667. The van der Waals surface area contributed by atoms with Gasteiger partial charge in [-0.3, -0.25) is 9.80 Å². The minimum Gasteiger partial charge on any atom is -0.373 e. The summed E-state index contributed by atoms with van der Waals surface area (Å²) in [5, 5.41) is 3.05. The van der Waals surface area contributed by atoms with Gasteiger partial charge in [-0.15, -0.1) is 0 Å². The molecule has 0 aromatic carbocycles. The molecule has 1 atom stereocenters. The molecular weight excluding hydrogens is 236 g/mol. The summed E-state index contributed by atoms with van der Waals surface area (Å²) in [6.45, 7) is 10.2. The van der Waals surface area contributed by atoms with Gasteiger partial charge in [0.2, 0.25) is 0 Å². The van der Waals surface area contributed by atoms with Crippen molar-refractivity contribution in [2.75, 3.05) is 38.5 Å². The molecule has 0 amide bonds. The predicted molar refractivity (Wildman–Crippen MR) is 80.4 cm³/mol. The van der Waals surface area contributed by atoms with E-state index in [1.54, 1.807) is 0 Å². The van der Waals surface area contributed by atoms with Crippen molar-refractivity contribution in [2.45, 2.75) is 32.9 Å². The van der Waals surface area contributed by atoms with E-state index >= 15 is 0 Å². The summed E-state index contributed by atoms with van der Waals surface area (Å²) >= 11 is 0. The van der Waals surface area contributed by atoms with Crippen molar-refractivity contribution in [3.63, 3.8) is 0 Å². The average molecular weight is 262 g/mol. The number of hydrogen-bond acceptors (Lipinski definition) is 4. The molecule has 0 aliphatic carbocycles. The van der Waals surface area contributed by atoms with Gasteiger partial charge in [0.05, 0.1) is 0 Å². The van der Waals surface area contributed by atoms with Gasteiger partial charge >= 0.3 is 0 Å². The van der Waals surface area contributed by atoms with Crippen molar-refractivity contribution in [3.8, 4) is 0 Å². The second-order valence-corrected chi connectivity index (χ2v) is 5.20. The largest absolute Gasteiger partial charge is 0.373 e. The third-order valence-electron chi connectivity index (χ3n) is 4.06. The Morgan fingerprint density at radius 2 is 2.16 bits per heavy atom. The lowest BCUT2D eigenvalue weighted by Crippen LogP contribution is -2.37. The molecule has 1 unspecified atom stereocenters. The monoisotopic (exact) mass is 262 g/mol. The zero-order valence-electron chi connectivity index (χ0n) is 12.4. The molecule has 106 valence electrons. The van der Waals surface area contributed by atoms with E-state index in [1.807, 2.05) is 19.3 Å². The molecule has 1 saturated heterocycles. The van der Waals surface area contributed by atoms with Crippen LogP contribution < -0.4 is 5.32 Å². The number of likely N-dealkylation sites (N-methyl/N-ethyl adjacent to an activating group) is 1. The smallest absolute Gasteiger partial charge is 0.125 e. The topological polar surface area (TPSA) is 31.4 Å². The molecular formula is C15H26N4. The molecule has 0 saturated carbocycles. The third-order valence-corrected chi connectivity index (χ3v) is 4.06. The highest BCUT2D eigenvalue weighted by atomic mass is 15.2. The zero-order chi connectivity index (χ0) is 13.7. The highest BCUT2D eigenvalue weighted by Crippen LogP contribution is 2.18. The number of anilines is 1. The Labute approximate surface area is 116 Å². The van der Waals surface area contributed by atoms with Crippen LogP contribution >= 0.6 is 0 Å². The Hall–Kier alpha value is -1.13. The van der Waals surface area contributed by atoms with Gasteiger partial charge in [0.15, 0.2) is 0 Å². The van der Waals surface area contributed by atoms with E-state index in [4.69, 9.17) is 0 Å². The second-order valence-electron chi connectivity index (χ2n) is 5.20. The Morgan fingerprint density at radius 3 is 2.74 bits per heavy atom. The molecule has 1 aromatic heterocycles. The molecule has 1 aliphatic rings. The molecule has 19 heavy (non-hydrogen) atoms. The second kappa shape index (κ2) is 6.87. The molecule has 1 N–H and O–H groups in total. The molecule has 0 spiro atoms. The van der Waals surface area contributed by atoms with E-state index in [2.05, 4.69) is 40.0 Å².